The smallest absolute Gasteiger partial charge is 0.194 e. The number of thiocarbonyl (C=S) groups is 1. The molecule has 0 unspecified atom stereocenters. The number of hydrogen-bond acceptors (Lipinski definition) is 5. The van der Waals surface area contributed by atoms with Gasteiger partial charge in [0.15, 0.2) is 5.05 Å². The molecule has 0 aromatic heterocycles. The largest absolute Gasteiger partial charge is 0.493 e. The van der Waals surface area contributed by atoms with Gasteiger partial charge < -0.3 is 20.1 Å². The molecule has 0 saturated carbocycles. The van der Waals surface area contributed by atoms with Gasteiger partial charge in [-0.05, 0) is 50.8 Å². The average Bonchev–Trinajstić information content (AvgIpc) is 2.47. The van der Waals surface area contributed by atoms with Crippen molar-refractivity contribution in [3.05, 3.63) is 23.8 Å². The van der Waals surface area contributed by atoms with Gasteiger partial charge in [-0.3, -0.25) is 0 Å². The first-order chi connectivity index (χ1) is 10.1. The van der Waals surface area contributed by atoms with Crippen LogP contribution in [-0.4, -0.2) is 42.8 Å². The topological polar surface area (TPSA) is 47.7 Å². The SMILES string of the molecule is CCOc1cc(N)ccc1C(=S)OCCCN(CC)CC.Cl. The number of rotatable bonds is 9. The van der Waals surface area contributed by atoms with Crippen molar-refractivity contribution in [3.8, 4) is 5.75 Å². The molecule has 0 aliphatic rings. The summed E-state index contributed by atoms with van der Waals surface area (Å²) in [6.45, 7) is 10.6. The molecule has 0 atom stereocenters. The van der Waals surface area contributed by atoms with Gasteiger partial charge in [-0.15, -0.1) is 12.4 Å². The minimum Gasteiger partial charge on any atom is -0.493 e. The summed E-state index contributed by atoms with van der Waals surface area (Å²) < 4.78 is 11.2. The highest BCUT2D eigenvalue weighted by Gasteiger charge is 2.11. The molecule has 1 rings (SSSR count). The third-order valence-corrected chi connectivity index (χ3v) is 3.61. The van der Waals surface area contributed by atoms with E-state index in [1.165, 1.54) is 0 Å². The van der Waals surface area contributed by atoms with Crippen molar-refractivity contribution in [3.63, 3.8) is 0 Å². The Labute approximate surface area is 145 Å². The lowest BCUT2D eigenvalue weighted by Crippen LogP contribution is -2.25. The van der Waals surface area contributed by atoms with Crippen LogP contribution in [0.15, 0.2) is 18.2 Å². The van der Waals surface area contributed by atoms with Gasteiger partial charge in [-0.1, -0.05) is 13.8 Å². The van der Waals surface area contributed by atoms with Crippen molar-refractivity contribution in [2.24, 2.45) is 0 Å². The molecule has 0 spiro atoms. The minimum atomic E-state index is 0. The number of ether oxygens (including phenoxy) is 2. The van der Waals surface area contributed by atoms with E-state index >= 15 is 0 Å². The average molecular weight is 347 g/mol. The number of nitrogens with two attached hydrogens (primary N) is 1. The monoisotopic (exact) mass is 346 g/mol. The molecule has 0 radical (unpaired) electrons. The van der Waals surface area contributed by atoms with Crippen LogP contribution in [0.1, 0.15) is 32.8 Å². The fourth-order valence-corrected chi connectivity index (χ4v) is 2.31. The standard InChI is InChI=1S/C16H26N2O2S.ClH/c1-4-18(5-2)10-7-11-20-16(21)14-9-8-13(17)12-15(14)19-6-3;/h8-9,12H,4-7,10-11,17H2,1-3H3;1H. The molecule has 0 amide bonds. The molecule has 6 heteroatoms. The molecule has 4 nitrogen and oxygen atoms in total. The number of benzene rings is 1. The normalized spacial score (nSPS) is 10.2. The van der Waals surface area contributed by atoms with Crippen molar-refractivity contribution < 1.29 is 9.47 Å². The summed E-state index contributed by atoms with van der Waals surface area (Å²) in [6, 6.07) is 5.45. The first kappa shape index (κ1) is 21.0. The lowest BCUT2D eigenvalue weighted by Gasteiger charge is -2.18. The lowest BCUT2D eigenvalue weighted by atomic mass is 10.2. The Morgan fingerprint density at radius 1 is 1.23 bits per heavy atom. The van der Waals surface area contributed by atoms with Gasteiger partial charge in [-0.2, -0.15) is 0 Å². The maximum Gasteiger partial charge on any atom is 0.194 e. The molecule has 22 heavy (non-hydrogen) atoms. The van der Waals surface area contributed by atoms with Crippen LogP contribution in [0.4, 0.5) is 5.69 Å². The lowest BCUT2D eigenvalue weighted by molar-refractivity contribution is 0.246. The zero-order chi connectivity index (χ0) is 15.7. The third-order valence-electron chi connectivity index (χ3n) is 3.27. The van der Waals surface area contributed by atoms with Crippen LogP contribution in [0.25, 0.3) is 0 Å². The summed E-state index contributed by atoms with van der Waals surface area (Å²) >= 11 is 5.34. The minimum absolute atomic E-state index is 0. The van der Waals surface area contributed by atoms with Crippen LogP contribution in [0.2, 0.25) is 0 Å². The van der Waals surface area contributed by atoms with Crippen molar-refractivity contribution in [1.29, 1.82) is 0 Å². The summed E-state index contributed by atoms with van der Waals surface area (Å²) in [5.74, 6) is 0.686. The van der Waals surface area contributed by atoms with Crippen molar-refractivity contribution in [2.45, 2.75) is 27.2 Å². The van der Waals surface area contributed by atoms with E-state index in [0.717, 1.165) is 31.6 Å². The van der Waals surface area contributed by atoms with Crippen LogP contribution in [0.5, 0.6) is 5.75 Å². The van der Waals surface area contributed by atoms with E-state index in [-0.39, 0.29) is 12.4 Å². The number of anilines is 1. The Bertz CT molecular complexity index is 454. The van der Waals surface area contributed by atoms with E-state index < -0.39 is 0 Å². The zero-order valence-electron chi connectivity index (χ0n) is 13.6. The Kier molecular flexibility index (Phi) is 11.0. The molecule has 0 aliphatic carbocycles. The summed E-state index contributed by atoms with van der Waals surface area (Å²) in [6.07, 6.45) is 0.959. The highest BCUT2D eigenvalue weighted by Crippen LogP contribution is 2.23. The molecule has 2 N–H and O–H groups in total. The molecule has 0 saturated heterocycles. The second-order valence-corrected chi connectivity index (χ2v) is 5.08. The van der Waals surface area contributed by atoms with Crippen LogP contribution in [0.3, 0.4) is 0 Å². The molecule has 0 heterocycles. The van der Waals surface area contributed by atoms with Gasteiger partial charge in [-0.25, -0.2) is 0 Å². The molecule has 126 valence electrons. The van der Waals surface area contributed by atoms with E-state index in [0.29, 0.717) is 29.7 Å². The quantitative estimate of drug-likeness (QED) is 0.421. The fraction of sp³-hybridized carbons (Fsp3) is 0.562. The van der Waals surface area contributed by atoms with Gasteiger partial charge in [0.1, 0.15) is 5.75 Å². The maximum atomic E-state index is 5.77. The molecular formula is C16H27ClN2O2S. The van der Waals surface area contributed by atoms with Crippen LogP contribution in [-0.2, 0) is 4.74 Å². The van der Waals surface area contributed by atoms with Crippen molar-refractivity contribution >= 4 is 35.4 Å². The predicted molar refractivity (Wildman–Crippen MR) is 99.3 cm³/mol. The van der Waals surface area contributed by atoms with Crippen LogP contribution < -0.4 is 10.5 Å². The zero-order valence-corrected chi connectivity index (χ0v) is 15.3. The number of hydrogen-bond donors (Lipinski definition) is 1. The van der Waals surface area contributed by atoms with Crippen LogP contribution >= 0.6 is 24.6 Å². The van der Waals surface area contributed by atoms with E-state index in [1.54, 1.807) is 6.07 Å². The highest BCUT2D eigenvalue weighted by atomic mass is 35.5. The van der Waals surface area contributed by atoms with Gasteiger partial charge in [0, 0.05) is 18.3 Å². The summed E-state index contributed by atoms with van der Waals surface area (Å²) in [4.78, 5) is 2.36. The Morgan fingerprint density at radius 2 is 1.91 bits per heavy atom. The highest BCUT2D eigenvalue weighted by molar-refractivity contribution is 7.80. The van der Waals surface area contributed by atoms with Gasteiger partial charge >= 0.3 is 0 Å². The Morgan fingerprint density at radius 3 is 2.50 bits per heavy atom. The van der Waals surface area contributed by atoms with Crippen molar-refractivity contribution in [1.82, 2.24) is 4.90 Å². The summed E-state index contributed by atoms with van der Waals surface area (Å²) in [7, 11) is 0. The first-order valence-corrected chi connectivity index (χ1v) is 7.94. The Hall–Kier alpha value is -1.04. The molecule has 0 bridgehead atoms. The molecule has 1 aromatic carbocycles. The second kappa shape index (κ2) is 11.5. The molecule has 1 aromatic rings. The number of halogens is 1. The fourth-order valence-electron chi connectivity index (χ4n) is 2.05. The van der Waals surface area contributed by atoms with E-state index in [1.807, 2.05) is 19.1 Å². The first-order valence-electron chi connectivity index (χ1n) is 7.54. The number of nitrogens with zero attached hydrogens (tertiary/aromatic N) is 1. The van der Waals surface area contributed by atoms with Gasteiger partial charge in [0.05, 0.1) is 18.8 Å². The second-order valence-electron chi connectivity index (χ2n) is 4.70. The van der Waals surface area contributed by atoms with E-state index in [9.17, 15) is 0 Å². The summed E-state index contributed by atoms with van der Waals surface area (Å²) in [5.41, 5.74) is 7.23. The summed E-state index contributed by atoms with van der Waals surface area (Å²) in [5, 5.41) is 0.470. The van der Waals surface area contributed by atoms with E-state index in [4.69, 9.17) is 27.4 Å². The maximum absolute atomic E-state index is 5.77. The van der Waals surface area contributed by atoms with E-state index in [2.05, 4.69) is 18.7 Å². The van der Waals surface area contributed by atoms with Gasteiger partial charge in [0.25, 0.3) is 0 Å². The van der Waals surface area contributed by atoms with Gasteiger partial charge in [0.2, 0.25) is 0 Å². The molecule has 0 fully saturated rings. The molecule has 0 aliphatic heterocycles. The Balaban J connectivity index is 0.00000441. The van der Waals surface area contributed by atoms with Crippen molar-refractivity contribution in [2.75, 3.05) is 38.6 Å². The third kappa shape index (κ3) is 6.81. The van der Waals surface area contributed by atoms with Crippen LogP contribution in [0, 0.1) is 0 Å². The molecular weight excluding hydrogens is 320 g/mol. The predicted octanol–water partition coefficient (Wildman–Crippen LogP) is 3.51. The number of nitrogen functional groups attached to an aromatic ring is 1.